The van der Waals surface area contributed by atoms with E-state index in [-0.39, 0.29) is 0 Å². The van der Waals surface area contributed by atoms with Crippen LogP contribution >= 0.6 is 0 Å². The van der Waals surface area contributed by atoms with Gasteiger partial charge in [0.2, 0.25) is 0 Å². The molecule has 1 saturated heterocycles. The summed E-state index contributed by atoms with van der Waals surface area (Å²) in [5.74, 6) is 0.561. The topological polar surface area (TPSA) is 58.0 Å². The molecule has 3 aromatic heterocycles. The Hall–Kier alpha value is -1.88. The molecule has 4 heterocycles. The molecule has 4 rings (SSSR count). The number of aromatic nitrogens is 4. The first kappa shape index (κ1) is 12.2. The maximum absolute atomic E-state index is 4.45. The van der Waals surface area contributed by atoms with Gasteiger partial charge in [0.05, 0.1) is 11.7 Å². The molecule has 3 aromatic rings. The van der Waals surface area contributed by atoms with Crippen molar-refractivity contribution in [2.24, 2.45) is 0 Å². The van der Waals surface area contributed by atoms with Crippen molar-refractivity contribution >= 4 is 16.8 Å². The number of nitrogens with zero attached hydrogens (tertiary/aromatic N) is 3. The predicted octanol–water partition coefficient (Wildman–Crippen LogP) is 2.31. The Morgan fingerprint density at radius 2 is 2.16 bits per heavy atom. The number of aromatic amines is 1. The minimum atomic E-state index is 0.561. The standard InChI is InChI=1S/C12H13N5.C2H6/c1-3-13-5-8(1)10-6-15-11-7-16-12-9(17(10)11)2-4-14-12;1-2/h2,4,6-8,13-14H,1,3,5H2;1-2H3/t8-;/m1./s1. The summed E-state index contributed by atoms with van der Waals surface area (Å²) in [6, 6.07) is 2.06. The van der Waals surface area contributed by atoms with Gasteiger partial charge in [0.15, 0.2) is 11.3 Å². The summed E-state index contributed by atoms with van der Waals surface area (Å²) in [5, 5.41) is 3.40. The second-order valence-corrected chi connectivity index (χ2v) is 4.54. The molecule has 0 saturated carbocycles. The van der Waals surface area contributed by atoms with Crippen LogP contribution in [0.15, 0.2) is 24.7 Å². The highest BCUT2D eigenvalue weighted by atomic mass is 15.1. The van der Waals surface area contributed by atoms with E-state index in [0.29, 0.717) is 5.92 Å². The zero-order valence-electron chi connectivity index (χ0n) is 11.3. The predicted molar refractivity (Wildman–Crippen MR) is 76.4 cm³/mol. The molecule has 0 spiro atoms. The third kappa shape index (κ3) is 1.90. The minimum Gasteiger partial charge on any atom is -0.345 e. The van der Waals surface area contributed by atoms with Crippen molar-refractivity contribution in [1.29, 1.82) is 0 Å². The molecular weight excluding hydrogens is 238 g/mol. The Morgan fingerprint density at radius 1 is 1.26 bits per heavy atom. The minimum absolute atomic E-state index is 0.561. The van der Waals surface area contributed by atoms with Crippen molar-refractivity contribution < 1.29 is 0 Å². The first-order valence-electron chi connectivity index (χ1n) is 6.93. The first-order chi connectivity index (χ1) is 9.43. The number of rotatable bonds is 1. The van der Waals surface area contributed by atoms with Crippen LogP contribution in [0.1, 0.15) is 31.9 Å². The summed E-state index contributed by atoms with van der Waals surface area (Å²) in [5.41, 5.74) is 4.25. The van der Waals surface area contributed by atoms with Gasteiger partial charge >= 0.3 is 0 Å². The first-order valence-corrected chi connectivity index (χ1v) is 6.93. The van der Waals surface area contributed by atoms with Crippen LogP contribution in [0.4, 0.5) is 0 Å². The van der Waals surface area contributed by atoms with E-state index in [1.807, 2.05) is 32.4 Å². The van der Waals surface area contributed by atoms with E-state index in [4.69, 9.17) is 0 Å². The van der Waals surface area contributed by atoms with Gasteiger partial charge in [-0.3, -0.25) is 4.40 Å². The van der Waals surface area contributed by atoms with Gasteiger partial charge in [0.1, 0.15) is 0 Å². The molecule has 0 radical (unpaired) electrons. The summed E-state index contributed by atoms with van der Waals surface area (Å²) in [7, 11) is 0. The number of hydrogen-bond donors (Lipinski definition) is 2. The maximum atomic E-state index is 4.45. The van der Waals surface area contributed by atoms with E-state index in [1.165, 1.54) is 12.1 Å². The quantitative estimate of drug-likeness (QED) is 0.703. The van der Waals surface area contributed by atoms with E-state index in [9.17, 15) is 0 Å². The smallest absolute Gasteiger partial charge is 0.156 e. The second kappa shape index (κ2) is 5.01. The van der Waals surface area contributed by atoms with Gasteiger partial charge in [-0.2, -0.15) is 0 Å². The van der Waals surface area contributed by atoms with Gasteiger partial charge in [-0.15, -0.1) is 0 Å². The molecule has 0 aromatic carbocycles. The molecule has 19 heavy (non-hydrogen) atoms. The molecule has 100 valence electrons. The maximum Gasteiger partial charge on any atom is 0.156 e. The number of H-pyrrole nitrogens is 1. The van der Waals surface area contributed by atoms with Gasteiger partial charge < -0.3 is 10.3 Å². The molecule has 0 aliphatic carbocycles. The Balaban J connectivity index is 0.000000528. The van der Waals surface area contributed by atoms with Gasteiger partial charge in [-0.1, -0.05) is 13.8 Å². The van der Waals surface area contributed by atoms with E-state index in [0.717, 1.165) is 29.9 Å². The highest BCUT2D eigenvalue weighted by Gasteiger charge is 2.21. The molecule has 0 unspecified atom stereocenters. The summed E-state index contributed by atoms with van der Waals surface area (Å²) < 4.78 is 2.22. The van der Waals surface area contributed by atoms with Crippen LogP contribution in [0, 0.1) is 0 Å². The molecule has 0 bridgehead atoms. The number of fused-ring (bicyclic) bond motifs is 3. The molecular formula is C14H19N5. The Kier molecular flexibility index (Phi) is 3.21. The summed E-state index contributed by atoms with van der Waals surface area (Å²) >= 11 is 0. The van der Waals surface area contributed by atoms with E-state index in [2.05, 4.69) is 30.7 Å². The Bertz CT molecular complexity index is 675. The van der Waals surface area contributed by atoms with Crippen molar-refractivity contribution in [2.45, 2.75) is 26.2 Å². The molecule has 5 nitrogen and oxygen atoms in total. The Labute approximate surface area is 112 Å². The lowest BCUT2D eigenvalue weighted by Crippen LogP contribution is -2.09. The van der Waals surface area contributed by atoms with Crippen molar-refractivity contribution in [2.75, 3.05) is 13.1 Å². The largest absolute Gasteiger partial charge is 0.345 e. The molecule has 1 fully saturated rings. The van der Waals surface area contributed by atoms with Crippen molar-refractivity contribution in [3.05, 3.63) is 30.4 Å². The molecule has 0 amide bonds. The van der Waals surface area contributed by atoms with Crippen LogP contribution in [0.5, 0.6) is 0 Å². The van der Waals surface area contributed by atoms with E-state index >= 15 is 0 Å². The molecule has 5 heteroatoms. The van der Waals surface area contributed by atoms with Gasteiger partial charge in [0.25, 0.3) is 0 Å². The lowest BCUT2D eigenvalue weighted by atomic mass is 10.1. The number of hydrogen-bond acceptors (Lipinski definition) is 3. The molecule has 1 aliphatic heterocycles. The third-order valence-electron chi connectivity index (χ3n) is 3.55. The average Bonchev–Trinajstić information content (AvgIpc) is 3.19. The SMILES string of the molecule is CC.c1cc2c(ncc3ncc([C@@H]4CCNC4)n32)[nH]1. The fourth-order valence-electron chi connectivity index (χ4n) is 2.69. The normalized spacial score (nSPS) is 18.7. The lowest BCUT2D eigenvalue weighted by molar-refractivity contribution is 0.731. The summed E-state index contributed by atoms with van der Waals surface area (Å²) in [4.78, 5) is 12.0. The second-order valence-electron chi connectivity index (χ2n) is 4.54. The van der Waals surface area contributed by atoms with Crippen LogP contribution in [-0.4, -0.2) is 32.4 Å². The van der Waals surface area contributed by atoms with Crippen LogP contribution < -0.4 is 5.32 Å². The zero-order chi connectivity index (χ0) is 13.2. The third-order valence-corrected chi connectivity index (χ3v) is 3.55. The van der Waals surface area contributed by atoms with E-state index < -0.39 is 0 Å². The number of nitrogens with one attached hydrogen (secondary N) is 2. The van der Waals surface area contributed by atoms with E-state index in [1.54, 1.807) is 0 Å². The highest BCUT2D eigenvalue weighted by molar-refractivity contribution is 5.74. The highest BCUT2D eigenvalue weighted by Crippen LogP contribution is 2.25. The van der Waals surface area contributed by atoms with Gasteiger partial charge in [0, 0.05) is 30.6 Å². The zero-order valence-corrected chi connectivity index (χ0v) is 11.3. The van der Waals surface area contributed by atoms with Crippen molar-refractivity contribution in [1.82, 2.24) is 24.7 Å². The van der Waals surface area contributed by atoms with Crippen molar-refractivity contribution in [3.63, 3.8) is 0 Å². The summed E-state index contributed by atoms with van der Waals surface area (Å²) in [6.45, 7) is 6.14. The van der Waals surface area contributed by atoms with Crippen LogP contribution in [0.25, 0.3) is 16.8 Å². The molecule has 2 N–H and O–H groups in total. The lowest BCUT2D eigenvalue weighted by Gasteiger charge is -2.08. The van der Waals surface area contributed by atoms with Gasteiger partial charge in [-0.25, -0.2) is 9.97 Å². The number of imidazole rings is 1. The fourth-order valence-corrected chi connectivity index (χ4v) is 2.69. The summed E-state index contributed by atoms with van der Waals surface area (Å²) in [6.07, 6.45) is 6.92. The monoisotopic (exact) mass is 257 g/mol. The van der Waals surface area contributed by atoms with Crippen LogP contribution in [0.2, 0.25) is 0 Å². The fraction of sp³-hybridized carbons (Fsp3) is 0.429. The van der Waals surface area contributed by atoms with Crippen LogP contribution in [-0.2, 0) is 0 Å². The Morgan fingerprint density at radius 3 is 2.95 bits per heavy atom. The van der Waals surface area contributed by atoms with Crippen molar-refractivity contribution in [3.8, 4) is 0 Å². The molecule has 1 atom stereocenters. The van der Waals surface area contributed by atoms with Gasteiger partial charge in [-0.05, 0) is 19.0 Å². The van der Waals surface area contributed by atoms with Crippen LogP contribution in [0.3, 0.4) is 0 Å². The molecule has 1 aliphatic rings. The average molecular weight is 257 g/mol.